The highest BCUT2D eigenvalue weighted by Crippen LogP contribution is 2.53. The van der Waals surface area contributed by atoms with Gasteiger partial charge in [-0.2, -0.15) is 0 Å². The Labute approximate surface area is 354 Å². The van der Waals surface area contributed by atoms with Gasteiger partial charge >= 0.3 is 0 Å². The molecule has 0 bridgehead atoms. The van der Waals surface area contributed by atoms with Gasteiger partial charge in [0.05, 0.1) is 11.4 Å². The van der Waals surface area contributed by atoms with Crippen LogP contribution in [0, 0.1) is 0 Å². The summed E-state index contributed by atoms with van der Waals surface area (Å²) in [5, 5.41) is 4.47. The number of furan rings is 1. The second-order valence-corrected chi connectivity index (χ2v) is 16.2. The van der Waals surface area contributed by atoms with E-state index in [4.69, 9.17) is 14.4 Å². The van der Waals surface area contributed by atoms with E-state index in [0.29, 0.717) is 5.82 Å². The molecule has 0 saturated carbocycles. The molecule has 1 atom stereocenters. The summed E-state index contributed by atoms with van der Waals surface area (Å²) in [6.45, 7) is 2.38. The molecular weight excluding hydrogens is 741 g/mol. The van der Waals surface area contributed by atoms with Crippen molar-refractivity contribution < 1.29 is 4.42 Å². The van der Waals surface area contributed by atoms with Crippen LogP contribution in [0.15, 0.2) is 217 Å². The minimum atomic E-state index is -0.256. The lowest BCUT2D eigenvalue weighted by atomic mass is 9.74. The van der Waals surface area contributed by atoms with Crippen LogP contribution in [0.25, 0.3) is 100.0 Å². The van der Waals surface area contributed by atoms with Gasteiger partial charge in [0.25, 0.3) is 0 Å². The zero-order valence-electron chi connectivity index (χ0n) is 33.5. The number of nitrogens with zero attached hydrogens (tertiary/aromatic N) is 2. The maximum Gasteiger partial charge on any atom is 0.160 e. The quantitative estimate of drug-likeness (QED) is 0.169. The molecule has 0 saturated heterocycles. The van der Waals surface area contributed by atoms with Crippen molar-refractivity contribution in [3.63, 3.8) is 0 Å². The molecule has 3 nitrogen and oxygen atoms in total. The molecule has 2 aromatic heterocycles. The van der Waals surface area contributed by atoms with E-state index in [1.165, 1.54) is 55.5 Å². The smallest absolute Gasteiger partial charge is 0.160 e. The highest BCUT2D eigenvalue weighted by atomic mass is 16.3. The van der Waals surface area contributed by atoms with Gasteiger partial charge in [-0.1, -0.05) is 170 Å². The molecule has 9 aromatic carbocycles. The minimum Gasteiger partial charge on any atom is -0.456 e. The normalized spacial score (nSPS) is 14.4. The third-order valence-corrected chi connectivity index (χ3v) is 12.8. The summed E-state index contributed by atoms with van der Waals surface area (Å²) in [4.78, 5) is 10.4. The predicted molar refractivity (Wildman–Crippen MR) is 251 cm³/mol. The van der Waals surface area contributed by atoms with Gasteiger partial charge in [0.2, 0.25) is 0 Å². The van der Waals surface area contributed by atoms with Crippen LogP contribution in [-0.4, -0.2) is 9.97 Å². The van der Waals surface area contributed by atoms with Gasteiger partial charge in [0.15, 0.2) is 5.82 Å². The highest BCUT2D eigenvalue weighted by Gasteiger charge is 2.40. The Kier molecular flexibility index (Phi) is 7.98. The van der Waals surface area contributed by atoms with Crippen molar-refractivity contribution in [1.29, 1.82) is 0 Å². The summed E-state index contributed by atoms with van der Waals surface area (Å²) in [6.07, 6.45) is 0. The second-order valence-electron chi connectivity index (χ2n) is 16.2. The van der Waals surface area contributed by atoms with Crippen molar-refractivity contribution in [2.75, 3.05) is 0 Å². The van der Waals surface area contributed by atoms with Crippen LogP contribution >= 0.6 is 0 Å². The maximum atomic E-state index is 6.18. The average Bonchev–Trinajstić information content (AvgIpc) is 3.84. The number of hydrogen-bond donors (Lipinski definition) is 0. The molecule has 0 radical (unpaired) electrons. The van der Waals surface area contributed by atoms with Gasteiger partial charge in [-0.3, -0.25) is 0 Å². The lowest BCUT2D eigenvalue weighted by Gasteiger charge is -2.28. The summed E-state index contributed by atoms with van der Waals surface area (Å²) in [6, 6.07) is 76.0. The summed E-state index contributed by atoms with van der Waals surface area (Å²) >= 11 is 0. The van der Waals surface area contributed by atoms with E-state index < -0.39 is 0 Å². The molecule has 0 aliphatic heterocycles. The van der Waals surface area contributed by atoms with Crippen molar-refractivity contribution in [3.8, 4) is 67.3 Å². The number of rotatable bonds is 6. The van der Waals surface area contributed by atoms with E-state index >= 15 is 0 Å². The second kappa shape index (κ2) is 13.9. The SMILES string of the molecule is CC1(c2ccccc2)c2ccccc2-c2ccc(-c3cccc(-c4ccc(-c5cc(-c6ccc7oc8ccccc8c7c6)nc(-c6ccccc6)n5)c5ccccc45)c3)cc21. The van der Waals surface area contributed by atoms with Gasteiger partial charge in [-0.25, -0.2) is 9.97 Å². The Hall–Kier alpha value is -7.88. The van der Waals surface area contributed by atoms with Gasteiger partial charge in [-0.15, -0.1) is 0 Å². The number of fused-ring (bicyclic) bond motifs is 7. The highest BCUT2D eigenvalue weighted by molar-refractivity contribution is 6.07. The number of hydrogen-bond acceptors (Lipinski definition) is 3. The Morgan fingerprint density at radius 3 is 1.79 bits per heavy atom. The molecule has 0 amide bonds. The molecule has 1 aliphatic rings. The number of benzene rings is 9. The Balaban J connectivity index is 0.974. The van der Waals surface area contributed by atoms with E-state index in [-0.39, 0.29) is 5.41 Å². The summed E-state index contributed by atoms with van der Waals surface area (Å²) in [5.74, 6) is 0.687. The fourth-order valence-corrected chi connectivity index (χ4v) is 9.73. The summed E-state index contributed by atoms with van der Waals surface area (Å²) in [5.41, 5.74) is 17.6. The molecule has 61 heavy (non-hydrogen) atoms. The molecule has 0 fully saturated rings. The van der Waals surface area contributed by atoms with E-state index in [0.717, 1.165) is 55.4 Å². The fraction of sp³-hybridized carbons (Fsp3) is 0.0345. The van der Waals surface area contributed by atoms with Crippen LogP contribution in [0.4, 0.5) is 0 Å². The van der Waals surface area contributed by atoms with Crippen LogP contribution in [-0.2, 0) is 5.41 Å². The third-order valence-electron chi connectivity index (χ3n) is 12.8. The van der Waals surface area contributed by atoms with Crippen molar-refractivity contribution in [3.05, 3.63) is 229 Å². The first-order valence-electron chi connectivity index (χ1n) is 20.9. The van der Waals surface area contributed by atoms with Crippen LogP contribution in [0.5, 0.6) is 0 Å². The van der Waals surface area contributed by atoms with E-state index in [2.05, 4.69) is 189 Å². The first kappa shape index (κ1) is 35.1. The standard InChI is InChI=1S/C58H38N2O/c1-58(42-19-6-3-7-20-42)51-25-12-10-23-46(51)47-29-27-39(35-52(47)58)38-17-14-18-40(33-38)43-30-31-48(45-22-9-8-21-44(43)45)54-36-53(59-57(60-54)37-15-4-2-5-16-37)41-28-32-56-50(34-41)49-24-11-13-26-55(49)61-56/h2-36H,1H3. The van der Waals surface area contributed by atoms with Gasteiger partial charge < -0.3 is 4.42 Å². The predicted octanol–water partition coefficient (Wildman–Crippen LogP) is 15.2. The van der Waals surface area contributed by atoms with E-state index in [1.807, 2.05) is 30.3 Å². The first-order valence-corrected chi connectivity index (χ1v) is 20.9. The van der Waals surface area contributed by atoms with Crippen molar-refractivity contribution >= 4 is 32.7 Å². The monoisotopic (exact) mass is 778 g/mol. The molecule has 1 aliphatic carbocycles. The van der Waals surface area contributed by atoms with Crippen LogP contribution < -0.4 is 0 Å². The minimum absolute atomic E-state index is 0.256. The molecule has 2 heterocycles. The summed E-state index contributed by atoms with van der Waals surface area (Å²) < 4.78 is 6.18. The topological polar surface area (TPSA) is 38.9 Å². The average molecular weight is 779 g/mol. The van der Waals surface area contributed by atoms with E-state index in [9.17, 15) is 0 Å². The molecule has 286 valence electrons. The number of aromatic nitrogens is 2. The lowest BCUT2D eigenvalue weighted by Crippen LogP contribution is -2.22. The van der Waals surface area contributed by atoms with Gasteiger partial charge in [0.1, 0.15) is 11.2 Å². The Bertz CT molecular complexity index is 3490. The van der Waals surface area contributed by atoms with Crippen LogP contribution in [0.2, 0.25) is 0 Å². The van der Waals surface area contributed by atoms with Crippen molar-refractivity contribution in [2.24, 2.45) is 0 Å². The van der Waals surface area contributed by atoms with Crippen LogP contribution in [0.1, 0.15) is 23.6 Å². The molecule has 0 N–H and O–H groups in total. The molecule has 11 aromatic rings. The van der Waals surface area contributed by atoms with Crippen molar-refractivity contribution in [2.45, 2.75) is 12.3 Å². The molecule has 12 rings (SSSR count). The lowest BCUT2D eigenvalue weighted by molar-refractivity contribution is 0.669. The maximum absolute atomic E-state index is 6.18. The van der Waals surface area contributed by atoms with Crippen molar-refractivity contribution in [1.82, 2.24) is 9.97 Å². The third kappa shape index (κ3) is 5.66. The number of para-hydroxylation sites is 1. The fourth-order valence-electron chi connectivity index (χ4n) is 9.73. The van der Waals surface area contributed by atoms with Gasteiger partial charge in [-0.05, 0) is 110 Å². The first-order chi connectivity index (χ1) is 30.1. The molecule has 1 unspecified atom stereocenters. The largest absolute Gasteiger partial charge is 0.456 e. The van der Waals surface area contributed by atoms with Crippen LogP contribution in [0.3, 0.4) is 0 Å². The summed E-state index contributed by atoms with van der Waals surface area (Å²) in [7, 11) is 0. The van der Waals surface area contributed by atoms with E-state index in [1.54, 1.807) is 0 Å². The van der Waals surface area contributed by atoms with Gasteiger partial charge in [0, 0.05) is 32.9 Å². The zero-order valence-corrected chi connectivity index (χ0v) is 33.5. The zero-order chi connectivity index (χ0) is 40.5. The Morgan fingerprint density at radius 2 is 0.934 bits per heavy atom. The Morgan fingerprint density at radius 1 is 0.344 bits per heavy atom. The molecule has 3 heteroatoms. The molecular formula is C58H38N2O. The molecule has 0 spiro atoms.